The van der Waals surface area contributed by atoms with Gasteiger partial charge in [-0.15, -0.1) is 0 Å². The lowest BCUT2D eigenvalue weighted by molar-refractivity contribution is -0.140. The molecule has 2 rings (SSSR count). The number of sulfonamides is 1. The average molecular weight is 492 g/mol. The lowest BCUT2D eigenvalue weighted by Crippen LogP contribution is -2.51. The number of carbonyl (C=O) groups is 2. The molecule has 2 aromatic rings. The minimum absolute atomic E-state index is 0.0333. The molecule has 7 nitrogen and oxygen atoms in total. The predicted octanol–water partition coefficient (Wildman–Crippen LogP) is 3.44. The molecule has 34 heavy (non-hydrogen) atoms. The molecule has 0 saturated heterocycles. The first-order valence-corrected chi connectivity index (χ1v) is 13.0. The molecule has 0 spiro atoms. The predicted molar refractivity (Wildman–Crippen MR) is 132 cm³/mol. The topological polar surface area (TPSA) is 86.8 Å². The Kier molecular flexibility index (Phi) is 8.83. The molecule has 1 N–H and O–H groups in total. The van der Waals surface area contributed by atoms with Crippen molar-refractivity contribution in [2.24, 2.45) is 0 Å². The van der Waals surface area contributed by atoms with Crippen LogP contribution >= 0.6 is 0 Å². The first kappa shape index (κ1) is 27.3. The number of hydrogen-bond donors (Lipinski definition) is 1. The summed E-state index contributed by atoms with van der Waals surface area (Å²) >= 11 is 0. The zero-order valence-electron chi connectivity index (χ0n) is 20.6. The van der Waals surface area contributed by atoms with Crippen molar-refractivity contribution in [2.75, 3.05) is 24.2 Å². The van der Waals surface area contributed by atoms with Gasteiger partial charge in [0.2, 0.25) is 21.8 Å². The number of nitrogens with one attached hydrogen (secondary N) is 1. The normalized spacial score (nSPS) is 12.7. The molecule has 0 bridgehead atoms. The molecule has 2 amide bonds. The van der Waals surface area contributed by atoms with Crippen LogP contribution in [-0.4, -0.2) is 51.0 Å². The maximum Gasteiger partial charge on any atom is 0.244 e. The highest BCUT2D eigenvalue weighted by Crippen LogP contribution is 2.26. The summed E-state index contributed by atoms with van der Waals surface area (Å²) in [7, 11) is -2.32. The monoisotopic (exact) mass is 491 g/mol. The van der Waals surface area contributed by atoms with Gasteiger partial charge in [-0.2, -0.15) is 0 Å². The number of benzene rings is 2. The van der Waals surface area contributed by atoms with Crippen molar-refractivity contribution in [3.8, 4) is 0 Å². The standard InChI is InChI=1S/C25H34FN3O4S/c1-7-22(24(31)27-5)28(16-18-8-12-20(26)13-9-18)23(30)17-29(34(6,32)33)21-14-10-19(11-15-21)25(2,3)4/h8-15,22H,7,16-17H2,1-6H3,(H,27,31)/t22-/m0/s1. The maximum atomic E-state index is 13.5. The molecule has 9 heteroatoms. The fourth-order valence-electron chi connectivity index (χ4n) is 3.61. The highest BCUT2D eigenvalue weighted by Gasteiger charge is 2.31. The third kappa shape index (κ3) is 7.03. The van der Waals surface area contributed by atoms with E-state index in [0.29, 0.717) is 17.7 Å². The molecule has 0 fully saturated rings. The van der Waals surface area contributed by atoms with E-state index in [1.54, 1.807) is 19.1 Å². The van der Waals surface area contributed by atoms with Crippen LogP contribution in [-0.2, 0) is 31.6 Å². The number of amides is 2. The Hall–Kier alpha value is -2.94. The Morgan fingerprint density at radius 3 is 2.03 bits per heavy atom. The van der Waals surface area contributed by atoms with Gasteiger partial charge in [0, 0.05) is 13.6 Å². The van der Waals surface area contributed by atoms with Crippen LogP contribution in [0.3, 0.4) is 0 Å². The van der Waals surface area contributed by atoms with Crippen molar-refractivity contribution in [1.82, 2.24) is 10.2 Å². The third-order valence-electron chi connectivity index (χ3n) is 5.60. The van der Waals surface area contributed by atoms with E-state index < -0.39 is 34.3 Å². The van der Waals surface area contributed by atoms with Crippen LogP contribution in [0.2, 0.25) is 0 Å². The van der Waals surface area contributed by atoms with Crippen LogP contribution in [0.5, 0.6) is 0 Å². The molecule has 0 aromatic heterocycles. The maximum absolute atomic E-state index is 13.5. The van der Waals surface area contributed by atoms with Crippen molar-refractivity contribution < 1.29 is 22.4 Å². The lowest BCUT2D eigenvalue weighted by Gasteiger charge is -2.32. The first-order chi connectivity index (χ1) is 15.8. The summed E-state index contributed by atoms with van der Waals surface area (Å²) in [6.45, 7) is 7.49. The van der Waals surface area contributed by atoms with Crippen LogP contribution in [0.15, 0.2) is 48.5 Å². The Morgan fingerprint density at radius 1 is 1.03 bits per heavy atom. The van der Waals surface area contributed by atoms with Crippen LogP contribution in [0.1, 0.15) is 45.2 Å². The average Bonchev–Trinajstić information content (AvgIpc) is 2.77. The highest BCUT2D eigenvalue weighted by atomic mass is 32.2. The smallest absolute Gasteiger partial charge is 0.244 e. The minimum atomic E-state index is -3.80. The Labute approximate surface area is 202 Å². The summed E-state index contributed by atoms with van der Waals surface area (Å²) in [6, 6.07) is 11.8. The molecule has 0 radical (unpaired) electrons. The Bertz CT molecular complexity index is 1090. The fraction of sp³-hybridized carbons (Fsp3) is 0.440. The van der Waals surface area contributed by atoms with Gasteiger partial charge in [-0.3, -0.25) is 13.9 Å². The van der Waals surface area contributed by atoms with E-state index in [-0.39, 0.29) is 17.9 Å². The molecule has 1 atom stereocenters. The summed E-state index contributed by atoms with van der Waals surface area (Å²) in [6.07, 6.45) is 1.37. The van der Waals surface area contributed by atoms with E-state index in [1.165, 1.54) is 36.2 Å². The van der Waals surface area contributed by atoms with Crippen LogP contribution in [0.25, 0.3) is 0 Å². The summed E-state index contributed by atoms with van der Waals surface area (Å²) in [5.74, 6) is -1.31. The van der Waals surface area contributed by atoms with Crippen molar-refractivity contribution in [3.05, 3.63) is 65.5 Å². The van der Waals surface area contributed by atoms with E-state index in [4.69, 9.17) is 0 Å². The van der Waals surface area contributed by atoms with E-state index in [1.807, 2.05) is 12.1 Å². The molecule has 0 aliphatic rings. The van der Waals surface area contributed by atoms with Crippen LogP contribution < -0.4 is 9.62 Å². The van der Waals surface area contributed by atoms with E-state index in [2.05, 4.69) is 26.1 Å². The number of halogens is 1. The first-order valence-electron chi connectivity index (χ1n) is 11.1. The largest absolute Gasteiger partial charge is 0.357 e. The molecule has 0 unspecified atom stereocenters. The van der Waals surface area contributed by atoms with Gasteiger partial charge in [0.15, 0.2) is 0 Å². The minimum Gasteiger partial charge on any atom is -0.357 e. The van der Waals surface area contributed by atoms with E-state index in [0.717, 1.165) is 16.1 Å². The Morgan fingerprint density at radius 2 is 1.59 bits per heavy atom. The van der Waals surface area contributed by atoms with Gasteiger partial charge in [0.25, 0.3) is 0 Å². The summed E-state index contributed by atoms with van der Waals surface area (Å²) in [5.41, 5.74) is 1.90. The van der Waals surface area contributed by atoms with Crippen molar-refractivity contribution in [3.63, 3.8) is 0 Å². The molecule has 0 heterocycles. The molecule has 0 saturated carbocycles. The van der Waals surface area contributed by atoms with Gasteiger partial charge < -0.3 is 10.2 Å². The Balaban J connectivity index is 2.42. The second-order valence-corrected chi connectivity index (χ2v) is 11.2. The number of nitrogens with zero attached hydrogens (tertiary/aromatic N) is 2. The zero-order valence-corrected chi connectivity index (χ0v) is 21.4. The second-order valence-electron chi connectivity index (χ2n) is 9.25. The SMILES string of the molecule is CC[C@@H](C(=O)NC)N(Cc1ccc(F)cc1)C(=O)CN(c1ccc(C(C)(C)C)cc1)S(C)(=O)=O. The van der Waals surface area contributed by atoms with E-state index >= 15 is 0 Å². The number of rotatable bonds is 9. The van der Waals surface area contributed by atoms with Crippen molar-refractivity contribution in [2.45, 2.75) is 52.1 Å². The molecular weight excluding hydrogens is 457 g/mol. The van der Waals surface area contributed by atoms with Crippen molar-refractivity contribution >= 4 is 27.5 Å². The molecule has 0 aliphatic carbocycles. The molecular formula is C25H34FN3O4S. The van der Waals surface area contributed by atoms with Gasteiger partial charge in [-0.05, 0) is 47.2 Å². The second kappa shape index (κ2) is 11.0. The highest BCUT2D eigenvalue weighted by molar-refractivity contribution is 7.92. The summed E-state index contributed by atoms with van der Waals surface area (Å²) in [5, 5.41) is 2.56. The third-order valence-corrected chi connectivity index (χ3v) is 6.74. The zero-order chi connectivity index (χ0) is 25.7. The van der Waals surface area contributed by atoms with E-state index in [9.17, 15) is 22.4 Å². The molecule has 2 aromatic carbocycles. The molecule has 0 aliphatic heterocycles. The van der Waals surface area contributed by atoms with Crippen LogP contribution in [0.4, 0.5) is 10.1 Å². The molecule has 186 valence electrons. The quantitative estimate of drug-likeness (QED) is 0.582. The van der Waals surface area contributed by atoms with Gasteiger partial charge in [0.05, 0.1) is 11.9 Å². The van der Waals surface area contributed by atoms with Gasteiger partial charge >= 0.3 is 0 Å². The van der Waals surface area contributed by atoms with Gasteiger partial charge in [-0.25, -0.2) is 12.8 Å². The van der Waals surface area contributed by atoms with Gasteiger partial charge in [0.1, 0.15) is 18.4 Å². The summed E-state index contributed by atoms with van der Waals surface area (Å²) in [4.78, 5) is 27.3. The number of anilines is 1. The summed E-state index contributed by atoms with van der Waals surface area (Å²) < 4.78 is 39.7. The fourth-order valence-corrected chi connectivity index (χ4v) is 4.46. The van der Waals surface area contributed by atoms with Crippen molar-refractivity contribution in [1.29, 1.82) is 0 Å². The number of likely N-dealkylation sites (N-methyl/N-ethyl adjacent to an activating group) is 1. The number of hydrogen-bond acceptors (Lipinski definition) is 4. The number of carbonyl (C=O) groups excluding carboxylic acids is 2. The van der Waals surface area contributed by atoms with Crippen LogP contribution in [0, 0.1) is 5.82 Å². The van der Waals surface area contributed by atoms with Gasteiger partial charge in [-0.1, -0.05) is 52.0 Å². The lowest BCUT2D eigenvalue weighted by atomic mass is 9.87.